The molecule has 0 aliphatic heterocycles. The van der Waals surface area contributed by atoms with Gasteiger partial charge in [-0.1, -0.05) is 55.5 Å². The Morgan fingerprint density at radius 3 is 2.68 bits per heavy atom. The van der Waals surface area contributed by atoms with Crippen molar-refractivity contribution in [2.24, 2.45) is 5.92 Å². The zero-order valence-corrected chi connectivity index (χ0v) is 14.5. The quantitative estimate of drug-likeness (QED) is 0.795. The number of carbonyl (C=O) groups is 1. The predicted octanol–water partition coefficient (Wildman–Crippen LogP) is 3.49. The second-order valence-corrected chi connectivity index (χ2v) is 7.22. The number of nitrogens with one attached hydrogen (secondary N) is 1. The van der Waals surface area contributed by atoms with Gasteiger partial charge < -0.3 is 15.6 Å². The van der Waals surface area contributed by atoms with Crippen molar-refractivity contribution in [3.63, 3.8) is 0 Å². The standard InChI is InChI=1S/C16H21N3OS2/c1-11(2)10-19-14(17)13(22-16(19)21)15(20)18-9-8-12-6-4-3-5-7-12/h3-7,11H,8-10,17H2,1-2H3,(H,18,20). The van der Waals surface area contributed by atoms with Crippen LogP contribution in [0.2, 0.25) is 0 Å². The molecule has 22 heavy (non-hydrogen) atoms. The summed E-state index contributed by atoms with van der Waals surface area (Å²) in [4.78, 5) is 12.8. The first-order valence-corrected chi connectivity index (χ1v) is 8.52. The van der Waals surface area contributed by atoms with Crippen LogP contribution in [0.25, 0.3) is 0 Å². The van der Waals surface area contributed by atoms with Gasteiger partial charge in [-0.25, -0.2) is 0 Å². The molecule has 0 saturated carbocycles. The molecule has 0 bridgehead atoms. The van der Waals surface area contributed by atoms with Gasteiger partial charge in [0, 0.05) is 13.1 Å². The first-order chi connectivity index (χ1) is 10.5. The van der Waals surface area contributed by atoms with Crippen molar-refractivity contribution < 1.29 is 4.79 Å². The molecule has 0 saturated heterocycles. The molecule has 1 amide bonds. The fourth-order valence-corrected chi connectivity index (χ4v) is 3.42. The van der Waals surface area contributed by atoms with Crippen LogP contribution in [0.3, 0.4) is 0 Å². The zero-order chi connectivity index (χ0) is 16.1. The molecule has 1 aromatic heterocycles. The molecule has 4 nitrogen and oxygen atoms in total. The van der Waals surface area contributed by atoms with E-state index in [9.17, 15) is 4.79 Å². The lowest BCUT2D eigenvalue weighted by atomic mass is 10.1. The fourth-order valence-electron chi connectivity index (χ4n) is 2.16. The summed E-state index contributed by atoms with van der Waals surface area (Å²) in [5.74, 6) is 0.755. The Kier molecular flexibility index (Phi) is 5.74. The predicted molar refractivity (Wildman–Crippen MR) is 94.9 cm³/mol. The van der Waals surface area contributed by atoms with Gasteiger partial charge in [-0.3, -0.25) is 4.79 Å². The molecule has 6 heteroatoms. The van der Waals surface area contributed by atoms with E-state index in [4.69, 9.17) is 18.0 Å². The first-order valence-electron chi connectivity index (χ1n) is 7.30. The number of thiazole rings is 1. The summed E-state index contributed by atoms with van der Waals surface area (Å²) in [5.41, 5.74) is 7.28. The number of amides is 1. The number of carbonyl (C=O) groups excluding carboxylic acids is 1. The van der Waals surface area contributed by atoms with Crippen LogP contribution in [0.5, 0.6) is 0 Å². The maximum Gasteiger partial charge on any atom is 0.265 e. The molecular weight excluding hydrogens is 314 g/mol. The van der Waals surface area contributed by atoms with Crippen LogP contribution in [0.1, 0.15) is 29.1 Å². The molecule has 3 N–H and O–H groups in total. The summed E-state index contributed by atoms with van der Waals surface area (Å²) in [6.07, 6.45) is 0.796. The molecule has 0 unspecified atom stereocenters. The molecule has 0 radical (unpaired) electrons. The van der Waals surface area contributed by atoms with Gasteiger partial charge >= 0.3 is 0 Å². The largest absolute Gasteiger partial charge is 0.384 e. The SMILES string of the molecule is CC(C)Cn1c(N)c(C(=O)NCCc2ccccc2)sc1=S. The lowest BCUT2D eigenvalue weighted by molar-refractivity contribution is 0.0958. The highest BCUT2D eigenvalue weighted by Crippen LogP contribution is 2.23. The minimum Gasteiger partial charge on any atom is -0.384 e. The molecule has 2 rings (SSSR count). The average molecular weight is 335 g/mol. The third kappa shape index (κ3) is 4.18. The number of nitrogen functional groups attached to an aromatic ring is 1. The highest BCUT2D eigenvalue weighted by atomic mass is 32.1. The Hall–Kier alpha value is -1.66. The minimum atomic E-state index is -0.146. The first kappa shape index (κ1) is 16.7. The minimum absolute atomic E-state index is 0.146. The van der Waals surface area contributed by atoms with Crippen LogP contribution < -0.4 is 11.1 Å². The van der Waals surface area contributed by atoms with Crippen LogP contribution in [0.4, 0.5) is 5.82 Å². The van der Waals surface area contributed by atoms with Crippen molar-refractivity contribution in [2.45, 2.75) is 26.8 Å². The lowest BCUT2D eigenvalue weighted by Gasteiger charge is -2.09. The van der Waals surface area contributed by atoms with Crippen LogP contribution >= 0.6 is 23.6 Å². The Bertz CT molecular complexity index is 689. The Morgan fingerprint density at radius 1 is 1.36 bits per heavy atom. The number of hydrogen-bond acceptors (Lipinski definition) is 4. The molecule has 0 aliphatic rings. The molecular formula is C16H21N3OS2. The van der Waals surface area contributed by atoms with Gasteiger partial charge in [0.05, 0.1) is 0 Å². The summed E-state index contributed by atoms with van der Waals surface area (Å²) in [6, 6.07) is 10.1. The number of nitrogens with two attached hydrogens (primary N) is 1. The molecule has 0 aliphatic carbocycles. The number of aromatic nitrogens is 1. The third-order valence-electron chi connectivity index (χ3n) is 3.23. The van der Waals surface area contributed by atoms with Gasteiger partial charge in [0.2, 0.25) is 0 Å². The van der Waals surface area contributed by atoms with Crippen molar-refractivity contribution in [3.05, 3.63) is 44.7 Å². The summed E-state index contributed by atoms with van der Waals surface area (Å²) < 4.78 is 2.50. The summed E-state index contributed by atoms with van der Waals surface area (Å²) >= 11 is 6.59. The van der Waals surface area contributed by atoms with E-state index in [1.807, 2.05) is 34.9 Å². The smallest absolute Gasteiger partial charge is 0.265 e. The van der Waals surface area contributed by atoms with Crippen LogP contribution in [0.15, 0.2) is 30.3 Å². The van der Waals surface area contributed by atoms with E-state index >= 15 is 0 Å². The second-order valence-electron chi connectivity index (χ2n) is 5.58. The number of hydrogen-bond donors (Lipinski definition) is 2. The molecule has 1 aromatic carbocycles. The maximum absolute atomic E-state index is 12.3. The van der Waals surface area contributed by atoms with Crippen LogP contribution in [-0.2, 0) is 13.0 Å². The van der Waals surface area contributed by atoms with Gasteiger partial charge in [-0.2, -0.15) is 0 Å². The molecule has 0 atom stereocenters. The van der Waals surface area contributed by atoms with E-state index in [0.29, 0.717) is 27.1 Å². The van der Waals surface area contributed by atoms with Crippen LogP contribution in [0, 0.1) is 9.87 Å². The van der Waals surface area contributed by atoms with E-state index in [1.165, 1.54) is 16.9 Å². The lowest BCUT2D eigenvalue weighted by Crippen LogP contribution is -2.26. The molecule has 0 fully saturated rings. The monoisotopic (exact) mass is 335 g/mol. The van der Waals surface area contributed by atoms with Crippen molar-refractivity contribution in [2.75, 3.05) is 12.3 Å². The molecule has 0 spiro atoms. The zero-order valence-electron chi connectivity index (χ0n) is 12.8. The summed E-state index contributed by atoms with van der Waals surface area (Å²) in [6.45, 7) is 5.51. The number of nitrogens with zero attached hydrogens (tertiary/aromatic N) is 1. The number of anilines is 1. The van der Waals surface area contributed by atoms with Gasteiger partial charge in [-0.15, -0.1) is 0 Å². The Morgan fingerprint density at radius 2 is 2.05 bits per heavy atom. The number of rotatable bonds is 6. The number of benzene rings is 1. The summed E-state index contributed by atoms with van der Waals surface area (Å²) in [7, 11) is 0. The van der Waals surface area contributed by atoms with E-state index in [0.717, 1.165) is 13.0 Å². The molecule has 118 valence electrons. The Labute approximate surface area is 140 Å². The third-order valence-corrected chi connectivity index (χ3v) is 4.69. The van der Waals surface area contributed by atoms with Crippen molar-refractivity contribution in [3.8, 4) is 0 Å². The van der Waals surface area contributed by atoms with E-state index in [2.05, 4.69) is 19.2 Å². The van der Waals surface area contributed by atoms with Gasteiger partial charge in [-0.05, 0) is 30.1 Å². The van der Waals surface area contributed by atoms with E-state index < -0.39 is 0 Å². The normalized spacial score (nSPS) is 10.9. The molecule has 2 aromatic rings. The van der Waals surface area contributed by atoms with Crippen molar-refractivity contribution >= 4 is 35.3 Å². The highest BCUT2D eigenvalue weighted by Gasteiger charge is 2.17. The average Bonchev–Trinajstić information content (AvgIpc) is 2.76. The Balaban J connectivity index is 1.99. The highest BCUT2D eigenvalue weighted by molar-refractivity contribution is 7.73. The van der Waals surface area contributed by atoms with E-state index in [-0.39, 0.29) is 5.91 Å². The van der Waals surface area contributed by atoms with E-state index in [1.54, 1.807) is 0 Å². The van der Waals surface area contributed by atoms with Crippen molar-refractivity contribution in [1.82, 2.24) is 9.88 Å². The van der Waals surface area contributed by atoms with Crippen LogP contribution in [-0.4, -0.2) is 17.0 Å². The fraction of sp³-hybridized carbons (Fsp3) is 0.375. The second kappa shape index (κ2) is 7.56. The summed E-state index contributed by atoms with van der Waals surface area (Å²) in [5, 5.41) is 2.91. The topological polar surface area (TPSA) is 60.0 Å². The van der Waals surface area contributed by atoms with Crippen molar-refractivity contribution in [1.29, 1.82) is 0 Å². The maximum atomic E-state index is 12.3. The van der Waals surface area contributed by atoms with Gasteiger partial charge in [0.1, 0.15) is 10.7 Å². The molecule has 1 heterocycles. The van der Waals surface area contributed by atoms with Gasteiger partial charge in [0.15, 0.2) is 3.95 Å². The van der Waals surface area contributed by atoms with Gasteiger partial charge in [0.25, 0.3) is 5.91 Å².